The molecule has 0 unspecified atom stereocenters. The number of fused-ring (bicyclic) bond motifs is 1. The first kappa shape index (κ1) is 16.7. The standard InChI is InChI=1S/C19H12F2N4O2/c20-13-2-4-14(5-3-13)25(19-15(21)9-23-18(8-22)24-19)10-12-1-6-16-17(7-12)27-11-26-16/h1-7,9H,10-11H2. The van der Waals surface area contributed by atoms with Crippen molar-refractivity contribution in [3.63, 3.8) is 0 Å². The van der Waals surface area contributed by atoms with Gasteiger partial charge in [-0.15, -0.1) is 0 Å². The monoisotopic (exact) mass is 366 g/mol. The van der Waals surface area contributed by atoms with E-state index in [2.05, 4.69) is 9.97 Å². The molecule has 0 spiro atoms. The lowest BCUT2D eigenvalue weighted by atomic mass is 10.1. The largest absolute Gasteiger partial charge is 0.454 e. The Bertz CT molecular complexity index is 1030. The van der Waals surface area contributed by atoms with Crippen LogP contribution in [0, 0.1) is 23.0 Å². The summed E-state index contributed by atoms with van der Waals surface area (Å²) in [6, 6.07) is 12.7. The van der Waals surface area contributed by atoms with Crippen LogP contribution in [0.5, 0.6) is 11.5 Å². The zero-order chi connectivity index (χ0) is 18.8. The van der Waals surface area contributed by atoms with E-state index in [4.69, 9.17) is 14.7 Å². The quantitative estimate of drug-likeness (QED) is 0.701. The number of rotatable bonds is 4. The van der Waals surface area contributed by atoms with Crippen molar-refractivity contribution < 1.29 is 18.3 Å². The van der Waals surface area contributed by atoms with Crippen LogP contribution < -0.4 is 14.4 Å². The summed E-state index contributed by atoms with van der Waals surface area (Å²) in [5.74, 6) is -0.128. The number of aromatic nitrogens is 2. The van der Waals surface area contributed by atoms with Gasteiger partial charge in [-0.2, -0.15) is 10.2 Å². The lowest BCUT2D eigenvalue weighted by Gasteiger charge is -2.24. The van der Waals surface area contributed by atoms with Gasteiger partial charge in [0.15, 0.2) is 23.1 Å². The zero-order valence-corrected chi connectivity index (χ0v) is 13.9. The predicted molar refractivity (Wildman–Crippen MR) is 91.5 cm³/mol. The van der Waals surface area contributed by atoms with Crippen molar-refractivity contribution in [3.05, 3.63) is 71.7 Å². The van der Waals surface area contributed by atoms with Crippen LogP contribution in [-0.2, 0) is 6.54 Å². The summed E-state index contributed by atoms with van der Waals surface area (Å²) in [7, 11) is 0. The highest BCUT2D eigenvalue weighted by molar-refractivity contribution is 5.61. The number of nitrogens with zero attached hydrogens (tertiary/aromatic N) is 4. The summed E-state index contributed by atoms with van der Waals surface area (Å²) in [4.78, 5) is 9.16. The first-order chi connectivity index (χ1) is 13.1. The maximum atomic E-state index is 14.4. The van der Waals surface area contributed by atoms with Gasteiger partial charge in [-0.1, -0.05) is 6.07 Å². The van der Waals surface area contributed by atoms with Crippen LogP contribution in [0.15, 0.2) is 48.7 Å². The van der Waals surface area contributed by atoms with Gasteiger partial charge >= 0.3 is 0 Å². The Labute approximate surface area is 153 Å². The van der Waals surface area contributed by atoms with Crippen LogP contribution in [0.2, 0.25) is 0 Å². The van der Waals surface area contributed by atoms with Crippen molar-refractivity contribution in [2.45, 2.75) is 6.54 Å². The SMILES string of the molecule is N#Cc1ncc(F)c(N(Cc2ccc3c(c2)OCO3)c2ccc(F)cc2)n1. The van der Waals surface area contributed by atoms with E-state index in [0.29, 0.717) is 17.2 Å². The third kappa shape index (κ3) is 3.35. The van der Waals surface area contributed by atoms with Gasteiger partial charge in [0, 0.05) is 12.2 Å². The molecule has 0 N–H and O–H groups in total. The first-order valence-electron chi connectivity index (χ1n) is 7.98. The second-order valence-corrected chi connectivity index (χ2v) is 5.73. The number of anilines is 2. The average Bonchev–Trinajstić information content (AvgIpc) is 3.15. The number of benzene rings is 2. The van der Waals surface area contributed by atoms with Gasteiger partial charge < -0.3 is 14.4 Å². The second-order valence-electron chi connectivity index (χ2n) is 5.73. The molecule has 0 amide bonds. The molecule has 27 heavy (non-hydrogen) atoms. The topological polar surface area (TPSA) is 71.3 Å². The molecule has 0 radical (unpaired) electrons. The molecule has 8 heteroatoms. The summed E-state index contributed by atoms with van der Waals surface area (Å²) in [5.41, 5.74) is 1.30. The molecule has 0 bridgehead atoms. The molecule has 134 valence electrons. The van der Waals surface area contributed by atoms with Crippen molar-refractivity contribution in [1.29, 1.82) is 5.26 Å². The van der Waals surface area contributed by atoms with Gasteiger partial charge in [-0.25, -0.2) is 13.8 Å². The minimum atomic E-state index is -0.695. The van der Waals surface area contributed by atoms with E-state index >= 15 is 0 Å². The molecule has 3 aromatic rings. The van der Waals surface area contributed by atoms with E-state index < -0.39 is 11.6 Å². The van der Waals surface area contributed by atoms with Crippen molar-refractivity contribution in [3.8, 4) is 17.6 Å². The Morgan fingerprint density at radius 1 is 1.07 bits per heavy atom. The molecule has 2 aromatic carbocycles. The minimum absolute atomic E-state index is 0.0779. The van der Waals surface area contributed by atoms with Crippen molar-refractivity contribution in [1.82, 2.24) is 9.97 Å². The van der Waals surface area contributed by atoms with Gasteiger partial charge in [-0.05, 0) is 42.0 Å². The Hall–Kier alpha value is -3.73. The fourth-order valence-corrected chi connectivity index (χ4v) is 2.73. The van der Waals surface area contributed by atoms with E-state index in [9.17, 15) is 8.78 Å². The van der Waals surface area contributed by atoms with Gasteiger partial charge in [0.25, 0.3) is 0 Å². The molecule has 1 aromatic heterocycles. The summed E-state index contributed by atoms with van der Waals surface area (Å²) in [5, 5.41) is 9.04. The Morgan fingerprint density at radius 3 is 2.63 bits per heavy atom. The maximum Gasteiger partial charge on any atom is 0.234 e. The molecule has 0 atom stereocenters. The number of hydrogen-bond donors (Lipinski definition) is 0. The van der Waals surface area contributed by atoms with Crippen LogP contribution in [0.1, 0.15) is 11.4 Å². The van der Waals surface area contributed by atoms with Crippen LogP contribution in [0.3, 0.4) is 0 Å². The molecule has 1 aliphatic rings. The lowest BCUT2D eigenvalue weighted by Crippen LogP contribution is -2.20. The van der Waals surface area contributed by atoms with E-state index in [1.807, 2.05) is 6.07 Å². The molecule has 0 fully saturated rings. The van der Waals surface area contributed by atoms with Crippen LogP contribution in [-0.4, -0.2) is 16.8 Å². The highest BCUT2D eigenvalue weighted by Gasteiger charge is 2.20. The number of nitriles is 1. The molecule has 0 saturated heterocycles. The van der Waals surface area contributed by atoms with Gasteiger partial charge in [-0.3, -0.25) is 0 Å². The third-order valence-corrected chi connectivity index (χ3v) is 4.00. The summed E-state index contributed by atoms with van der Waals surface area (Å²) in [6.07, 6.45) is 0.942. The van der Waals surface area contributed by atoms with Crippen LogP contribution in [0.4, 0.5) is 20.3 Å². The molecule has 6 nitrogen and oxygen atoms in total. The Balaban J connectivity index is 1.77. The molecule has 1 aliphatic heterocycles. The zero-order valence-electron chi connectivity index (χ0n) is 13.9. The van der Waals surface area contributed by atoms with Gasteiger partial charge in [0.05, 0.1) is 6.20 Å². The highest BCUT2D eigenvalue weighted by atomic mass is 19.1. The fourth-order valence-electron chi connectivity index (χ4n) is 2.73. The predicted octanol–water partition coefficient (Wildman–Crippen LogP) is 3.69. The van der Waals surface area contributed by atoms with Crippen molar-refractivity contribution in [2.75, 3.05) is 11.7 Å². The van der Waals surface area contributed by atoms with E-state index in [0.717, 1.165) is 11.8 Å². The summed E-state index contributed by atoms with van der Waals surface area (Å²) in [6.45, 7) is 0.355. The molecule has 0 aliphatic carbocycles. The highest BCUT2D eigenvalue weighted by Crippen LogP contribution is 2.34. The third-order valence-electron chi connectivity index (χ3n) is 4.00. The Kier molecular flexibility index (Phi) is 4.26. The number of halogens is 2. The number of hydrogen-bond acceptors (Lipinski definition) is 6. The molecule has 4 rings (SSSR count). The van der Waals surface area contributed by atoms with Crippen LogP contribution >= 0.6 is 0 Å². The molecule has 2 heterocycles. The van der Waals surface area contributed by atoms with Crippen molar-refractivity contribution >= 4 is 11.5 Å². The molecule has 0 saturated carbocycles. The van der Waals surface area contributed by atoms with Crippen molar-refractivity contribution in [2.24, 2.45) is 0 Å². The minimum Gasteiger partial charge on any atom is -0.454 e. The Morgan fingerprint density at radius 2 is 1.85 bits per heavy atom. The van der Waals surface area contributed by atoms with Crippen LogP contribution in [0.25, 0.3) is 0 Å². The normalized spacial score (nSPS) is 11.9. The van der Waals surface area contributed by atoms with Gasteiger partial charge in [0.1, 0.15) is 11.9 Å². The van der Waals surface area contributed by atoms with E-state index in [-0.39, 0.29) is 25.0 Å². The second kappa shape index (κ2) is 6.88. The summed E-state index contributed by atoms with van der Waals surface area (Å²) < 4.78 is 38.5. The van der Waals surface area contributed by atoms with E-state index in [1.54, 1.807) is 18.2 Å². The number of ether oxygens (including phenoxy) is 2. The first-order valence-corrected chi connectivity index (χ1v) is 7.98. The molecular weight excluding hydrogens is 354 g/mol. The smallest absolute Gasteiger partial charge is 0.234 e. The summed E-state index contributed by atoms with van der Waals surface area (Å²) >= 11 is 0. The molecular formula is C19H12F2N4O2. The van der Waals surface area contributed by atoms with E-state index in [1.165, 1.54) is 29.2 Å². The lowest BCUT2D eigenvalue weighted by molar-refractivity contribution is 0.174. The van der Waals surface area contributed by atoms with Gasteiger partial charge in [0.2, 0.25) is 12.6 Å². The maximum absolute atomic E-state index is 14.4. The fraction of sp³-hybridized carbons (Fsp3) is 0.105. The average molecular weight is 366 g/mol.